The van der Waals surface area contributed by atoms with E-state index >= 15 is 0 Å². The SMILES string of the molecule is COc1ccccc1N(C)c1ccc(C(C)=O)nc1. The Morgan fingerprint density at radius 3 is 2.53 bits per heavy atom. The third-order valence-corrected chi connectivity index (χ3v) is 2.94. The van der Waals surface area contributed by atoms with Crippen molar-refractivity contribution in [2.24, 2.45) is 0 Å². The van der Waals surface area contributed by atoms with Crippen LogP contribution in [0.25, 0.3) is 0 Å². The van der Waals surface area contributed by atoms with Gasteiger partial charge in [0, 0.05) is 14.0 Å². The van der Waals surface area contributed by atoms with Gasteiger partial charge in [0.1, 0.15) is 11.4 Å². The number of benzene rings is 1. The number of pyridine rings is 1. The second-order valence-electron chi connectivity index (χ2n) is 4.19. The Balaban J connectivity index is 2.33. The lowest BCUT2D eigenvalue weighted by Crippen LogP contribution is -2.11. The summed E-state index contributed by atoms with van der Waals surface area (Å²) in [7, 11) is 3.58. The molecule has 1 heterocycles. The maximum Gasteiger partial charge on any atom is 0.178 e. The van der Waals surface area contributed by atoms with E-state index in [1.807, 2.05) is 42.3 Å². The number of ketones is 1. The Labute approximate surface area is 112 Å². The lowest BCUT2D eigenvalue weighted by molar-refractivity contribution is 0.101. The Bertz CT molecular complexity index is 579. The maximum atomic E-state index is 11.2. The number of hydrogen-bond acceptors (Lipinski definition) is 4. The molecule has 0 saturated heterocycles. The zero-order chi connectivity index (χ0) is 13.8. The highest BCUT2D eigenvalue weighted by Gasteiger charge is 2.10. The number of anilines is 2. The summed E-state index contributed by atoms with van der Waals surface area (Å²) in [4.78, 5) is 17.3. The van der Waals surface area contributed by atoms with Gasteiger partial charge in [0.05, 0.1) is 24.7 Å². The molecule has 2 rings (SSSR count). The van der Waals surface area contributed by atoms with Crippen LogP contribution in [-0.2, 0) is 0 Å². The molecule has 0 aliphatic carbocycles. The molecule has 0 saturated carbocycles. The number of carbonyl (C=O) groups is 1. The van der Waals surface area contributed by atoms with Gasteiger partial charge in [0.15, 0.2) is 5.78 Å². The van der Waals surface area contributed by atoms with Crippen LogP contribution in [0.1, 0.15) is 17.4 Å². The fraction of sp³-hybridized carbons (Fsp3) is 0.200. The predicted molar refractivity (Wildman–Crippen MR) is 75.3 cm³/mol. The first-order valence-corrected chi connectivity index (χ1v) is 5.97. The zero-order valence-electron chi connectivity index (χ0n) is 11.3. The van der Waals surface area contributed by atoms with Gasteiger partial charge in [-0.15, -0.1) is 0 Å². The fourth-order valence-electron chi connectivity index (χ4n) is 1.84. The smallest absolute Gasteiger partial charge is 0.178 e. The third-order valence-electron chi connectivity index (χ3n) is 2.94. The van der Waals surface area contributed by atoms with E-state index in [0.29, 0.717) is 5.69 Å². The number of hydrogen-bond donors (Lipinski definition) is 0. The largest absolute Gasteiger partial charge is 0.495 e. The van der Waals surface area contributed by atoms with E-state index in [0.717, 1.165) is 17.1 Å². The Morgan fingerprint density at radius 2 is 1.95 bits per heavy atom. The van der Waals surface area contributed by atoms with Crippen molar-refractivity contribution in [1.82, 2.24) is 4.98 Å². The quantitative estimate of drug-likeness (QED) is 0.788. The second kappa shape index (κ2) is 5.52. The number of ether oxygens (including phenoxy) is 1. The normalized spacial score (nSPS) is 10.1. The summed E-state index contributed by atoms with van der Waals surface area (Å²) in [5.74, 6) is 0.757. The number of carbonyl (C=O) groups excluding carboxylic acids is 1. The average Bonchev–Trinajstić information content (AvgIpc) is 2.46. The molecule has 0 radical (unpaired) electrons. The number of rotatable bonds is 4. The Hall–Kier alpha value is -2.36. The number of nitrogens with zero attached hydrogens (tertiary/aromatic N) is 2. The highest BCUT2D eigenvalue weighted by molar-refractivity contribution is 5.92. The van der Waals surface area contributed by atoms with Gasteiger partial charge in [0.2, 0.25) is 0 Å². The lowest BCUT2D eigenvalue weighted by Gasteiger charge is -2.21. The summed E-state index contributed by atoms with van der Waals surface area (Å²) in [6.07, 6.45) is 1.68. The molecule has 0 aliphatic heterocycles. The van der Waals surface area contributed by atoms with Crippen LogP contribution in [0.5, 0.6) is 5.75 Å². The van der Waals surface area contributed by atoms with E-state index in [4.69, 9.17) is 4.74 Å². The molecule has 1 aromatic heterocycles. The van der Waals surface area contributed by atoms with Gasteiger partial charge in [-0.05, 0) is 24.3 Å². The molecule has 4 nitrogen and oxygen atoms in total. The van der Waals surface area contributed by atoms with Crippen LogP contribution < -0.4 is 9.64 Å². The van der Waals surface area contributed by atoms with Gasteiger partial charge >= 0.3 is 0 Å². The van der Waals surface area contributed by atoms with Crippen LogP contribution in [0.2, 0.25) is 0 Å². The van der Waals surface area contributed by atoms with Gasteiger partial charge in [-0.2, -0.15) is 0 Å². The van der Waals surface area contributed by atoms with E-state index in [-0.39, 0.29) is 5.78 Å². The molecule has 0 unspecified atom stereocenters. The molecule has 1 aromatic carbocycles. The van der Waals surface area contributed by atoms with Crippen LogP contribution in [0.15, 0.2) is 42.6 Å². The summed E-state index contributed by atoms with van der Waals surface area (Å²) in [6, 6.07) is 11.3. The van der Waals surface area contributed by atoms with E-state index in [1.54, 1.807) is 19.4 Å². The first-order valence-electron chi connectivity index (χ1n) is 5.97. The number of methoxy groups -OCH3 is 1. The van der Waals surface area contributed by atoms with Gasteiger partial charge < -0.3 is 9.64 Å². The molecular weight excluding hydrogens is 240 g/mol. The van der Waals surface area contributed by atoms with Crippen LogP contribution in [0.3, 0.4) is 0 Å². The predicted octanol–water partition coefficient (Wildman–Crippen LogP) is 3.06. The minimum atomic E-state index is -0.0357. The summed E-state index contributed by atoms with van der Waals surface area (Å²) in [6.45, 7) is 1.51. The molecule has 0 atom stereocenters. The molecule has 0 N–H and O–H groups in total. The summed E-state index contributed by atoms with van der Waals surface area (Å²) < 4.78 is 5.33. The van der Waals surface area contributed by atoms with E-state index in [2.05, 4.69) is 4.98 Å². The molecule has 19 heavy (non-hydrogen) atoms. The standard InChI is InChI=1S/C15H16N2O2/c1-11(18)13-9-8-12(10-16-13)17(2)14-6-4-5-7-15(14)19-3/h4-10H,1-3H3. The fourth-order valence-corrected chi connectivity index (χ4v) is 1.84. The van der Waals surface area contributed by atoms with Crippen LogP contribution in [0.4, 0.5) is 11.4 Å². The van der Waals surface area contributed by atoms with Crippen molar-refractivity contribution in [3.63, 3.8) is 0 Å². The Kier molecular flexibility index (Phi) is 3.80. The van der Waals surface area contributed by atoms with Crippen molar-refractivity contribution >= 4 is 17.2 Å². The van der Waals surface area contributed by atoms with E-state index < -0.39 is 0 Å². The molecule has 0 aliphatic rings. The van der Waals surface area contributed by atoms with Gasteiger partial charge in [-0.25, -0.2) is 0 Å². The van der Waals surface area contributed by atoms with E-state index in [1.165, 1.54) is 6.92 Å². The van der Waals surface area contributed by atoms with Crippen LogP contribution >= 0.6 is 0 Å². The molecule has 0 amide bonds. The first kappa shape index (κ1) is 13.1. The molecule has 98 valence electrons. The number of Topliss-reactive ketones (excluding diaryl/α,β-unsaturated/α-hetero) is 1. The van der Waals surface area contributed by atoms with Crippen molar-refractivity contribution in [2.75, 3.05) is 19.1 Å². The lowest BCUT2D eigenvalue weighted by atomic mass is 10.2. The van der Waals surface area contributed by atoms with Crippen molar-refractivity contribution in [1.29, 1.82) is 0 Å². The van der Waals surface area contributed by atoms with Gasteiger partial charge in [-0.1, -0.05) is 12.1 Å². The van der Waals surface area contributed by atoms with Crippen molar-refractivity contribution in [3.05, 3.63) is 48.3 Å². The maximum absolute atomic E-state index is 11.2. The van der Waals surface area contributed by atoms with E-state index in [9.17, 15) is 4.79 Å². The molecule has 0 spiro atoms. The minimum absolute atomic E-state index is 0.0357. The van der Waals surface area contributed by atoms with Gasteiger partial charge in [-0.3, -0.25) is 9.78 Å². The van der Waals surface area contributed by atoms with Gasteiger partial charge in [0.25, 0.3) is 0 Å². The third kappa shape index (κ3) is 2.73. The summed E-state index contributed by atoms with van der Waals surface area (Å²) in [5.41, 5.74) is 2.31. The topological polar surface area (TPSA) is 42.4 Å². The monoisotopic (exact) mass is 256 g/mol. The zero-order valence-corrected chi connectivity index (χ0v) is 11.3. The highest BCUT2D eigenvalue weighted by Crippen LogP contribution is 2.31. The molecule has 4 heteroatoms. The molecule has 2 aromatic rings. The highest BCUT2D eigenvalue weighted by atomic mass is 16.5. The Morgan fingerprint density at radius 1 is 1.21 bits per heavy atom. The average molecular weight is 256 g/mol. The second-order valence-corrected chi connectivity index (χ2v) is 4.19. The summed E-state index contributed by atoms with van der Waals surface area (Å²) >= 11 is 0. The van der Waals surface area contributed by atoms with Crippen LogP contribution in [0, 0.1) is 0 Å². The number of para-hydroxylation sites is 2. The summed E-state index contributed by atoms with van der Waals surface area (Å²) in [5, 5.41) is 0. The molecular formula is C15H16N2O2. The van der Waals surface area contributed by atoms with Crippen LogP contribution in [-0.4, -0.2) is 24.9 Å². The molecule has 0 fully saturated rings. The number of aromatic nitrogens is 1. The van der Waals surface area contributed by atoms with Crippen molar-refractivity contribution in [3.8, 4) is 5.75 Å². The van der Waals surface area contributed by atoms with Crippen molar-refractivity contribution < 1.29 is 9.53 Å². The first-order chi connectivity index (χ1) is 9.13. The van der Waals surface area contributed by atoms with Crippen molar-refractivity contribution in [2.45, 2.75) is 6.92 Å². The minimum Gasteiger partial charge on any atom is -0.495 e. The molecule has 0 bridgehead atoms.